The molecule has 1 heterocycles. The van der Waals surface area contributed by atoms with Crippen molar-refractivity contribution in [2.24, 2.45) is 0 Å². The molecule has 0 aromatic heterocycles. The Morgan fingerprint density at radius 1 is 1.10 bits per heavy atom. The quantitative estimate of drug-likeness (QED) is 0.610. The Morgan fingerprint density at radius 3 is 2.50 bits per heavy atom. The first-order valence-corrected chi connectivity index (χ1v) is 12.5. The summed E-state index contributed by atoms with van der Waals surface area (Å²) >= 11 is 1.55. The van der Waals surface area contributed by atoms with Crippen molar-refractivity contribution in [3.8, 4) is 11.5 Å². The summed E-state index contributed by atoms with van der Waals surface area (Å²) in [6.45, 7) is 3.12. The highest BCUT2D eigenvalue weighted by atomic mass is 32.2. The van der Waals surface area contributed by atoms with Crippen LogP contribution in [0.1, 0.15) is 17.5 Å². The van der Waals surface area contributed by atoms with Crippen LogP contribution in [0.15, 0.2) is 47.4 Å². The fraction of sp³-hybridized carbons (Fsp3) is 0.381. The summed E-state index contributed by atoms with van der Waals surface area (Å²) in [4.78, 5) is 12.8. The number of thioether (sulfide) groups is 1. The summed E-state index contributed by atoms with van der Waals surface area (Å²) in [5.41, 5.74) is 2.09. The van der Waals surface area contributed by atoms with Crippen LogP contribution in [0.3, 0.4) is 0 Å². The summed E-state index contributed by atoms with van der Waals surface area (Å²) in [7, 11) is -3.91. The molecule has 1 aliphatic heterocycles. The Balaban J connectivity index is 1.70. The van der Waals surface area contributed by atoms with E-state index < -0.39 is 16.1 Å². The minimum Gasteiger partial charge on any atom is -0.486 e. The number of nitrogens with one attached hydrogen (secondary N) is 2. The lowest BCUT2D eigenvalue weighted by molar-refractivity contribution is -0.122. The number of ether oxygens (including phenoxy) is 2. The molecule has 3 rings (SSSR count). The number of hydrogen-bond donors (Lipinski definition) is 2. The Hall–Kier alpha value is -2.23. The maximum absolute atomic E-state index is 12.9. The van der Waals surface area contributed by atoms with Gasteiger partial charge in [0.2, 0.25) is 15.9 Å². The molecule has 0 saturated heterocycles. The molecular formula is C21H26N2O5S2. The van der Waals surface area contributed by atoms with Crippen LogP contribution in [-0.4, -0.2) is 45.6 Å². The third-order valence-corrected chi connectivity index (χ3v) is 6.75. The van der Waals surface area contributed by atoms with Gasteiger partial charge in [-0.15, -0.1) is 0 Å². The van der Waals surface area contributed by atoms with E-state index >= 15 is 0 Å². The lowest BCUT2D eigenvalue weighted by Crippen LogP contribution is -2.46. The van der Waals surface area contributed by atoms with Gasteiger partial charge in [0.25, 0.3) is 0 Å². The predicted octanol–water partition coefficient (Wildman–Crippen LogP) is 2.48. The lowest BCUT2D eigenvalue weighted by atomic mass is 10.1. The van der Waals surface area contributed by atoms with Crippen LogP contribution in [0.2, 0.25) is 0 Å². The highest BCUT2D eigenvalue weighted by Crippen LogP contribution is 2.32. The van der Waals surface area contributed by atoms with Gasteiger partial charge in [-0.25, -0.2) is 8.42 Å². The van der Waals surface area contributed by atoms with Gasteiger partial charge in [0.1, 0.15) is 19.3 Å². The maximum atomic E-state index is 12.9. The molecule has 1 aliphatic rings. The molecule has 2 aromatic rings. The fourth-order valence-electron chi connectivity index (χ4n) is 2.94. The van der Waals surface area contributed by atoms with Crippen molar-refractivity contribution >= 4 is 27.7 Å². The van der Waals surface area contributed by atoms with Crippen molar-refractivity contribution in [2.45, 2.75) is 30.8 Å². The van der Waals surface area contributed by atoms with Crippen LogP contribution in [0.5, 0.6) is 11.5 Å². The Morgan fingerprint density at radius 2 is 1.80 bits per heavy atom. The molecule has 162 valence electrons. The molecule has 1 amide bonds. The van der Waals surface area contributed by atoms with Gasteiger partial charge in [-0.1, -0.05) is 29.8 Å². The average Bonchev–Trinajstić information content (AvgIpc) is 2.75. The number of fused-ring (bicyclic) bond motifs is 1. The molecule has 7 nitrogen and oxygen atoms in total. The van der Waals surface area contributed by atoms with E-state index in [4.69, 9.17) is 9.47 Å². The zero-order valence-corrected chi connectivity index (χ0v) is 18.6. The first-order valence-electron chi connectivity index (χ1n) is 9.63. The minimum absolute atomic E-state index is 0.0345. The van der Waals surface area contributed by atoms with E-state index in [1.165, 1.54) is 12.1 Å². The van der Waals surface area contributed by atoms with Crippen LogP contribution < -0.4 is 19.5 Å². The Labute approximate surface area is 181 Å². The van der Waals surface area contributed by atoms with Gasteiger partial charge in [0.15, 0.2) is 11.5 Å². The van der Waals surface area contributed by atoms with E-state index in [1.807, 2.05) is 37.4 Å². The molecule has 1 atom stereocenters. The Kier molecular flexibility index (Phi) is 7.63. The number of benzene rings is 2. The summed E-state index contributed by atoms with van der Waals surface area (Å²) in [5.74, 6) is 1.18. The molecule has 0 saturated carbocycles. The van der Waals surface area contributed by atoms with Gasteiger partial charge in [0, 0.05) is 12.6 Å². The van der Waals surface area contributed by atoms with Crippen LogP contribution in [-0.2, 0) is 21.4 Å². The number of carbonyl (C=O) groups excluding carboxylic acids is 1. The van der Waals surface area contributed by atoms with Crippen molar-refractivity contribution < 1.29 is 22.7 Å². The van der Waals surface area contributed by atoms with Crippen LogP contribution in [0, 0.1) is 6.92 Å². The number of aryl methyl sites for hydroxylation is 1. The highest BCUT2D eigenvalue weighted by molar-refractivity contribution is 7.98. The van der Waals surface area contributed by atoms with Crippen molar-refractivity contribution in [2.75, 3.05) is 25.2 Å². The number of rotatable bonds is 9. The van der Waals surface area contributed by atoms with E-state index in [2.05, 4.69) is 10.0 Å². The summed E-state index contributed by atoms with van der Waals surface area (Å²) in [6, 6.07) is 11.4. The number of amides is 1. The number of carbonyl (C=O) groups is 1. The van der Waals surface area contributed by atoms with Crippen molar-refractivity contribution in [1.82, 2.24) is 10.0 Å². The van der Waals surface area contributed by atoms with E-state index in [-0.39, 0.29) is 10.8 Å². The maximum Gasteiger partial charge on any atom is 0.241 e. The standard InChI is InChI=1S/C21H26N2O5S2/c1-15-3-5-16(6-4-15)14-22-21(24)18(9-12-29-2)23-30(25,26)17-7-8-19-20(13-17)28-11-10-27-19/h3-8,13,18,23H,9-12,14H2,1-2H3,(H,22,24)/t18-/m0/s1. The second-order valence-corrected chi connectivity index (χ2v) is 9.66. The monoisotopic (exact) mass is 450 g/mol. The van der Waals surface area contributed by atoms with Gasteiger partial charge < -0.3 is 14.8 Å². The third kappa shape index (κ3) is 5.90. The first-order chi connectivity index (χ1) is 14.4. The molecule has 0 fully saturated rings. The van der Waals surface area contributed by atoms with Gasteiger partial charge in [-0.2, -0.15) is 16.5 Å². The van der Waals surface area contributed by atoms with Crippen molar-refractivity contribution in [3.63, 3.8) is 0 Å². The molecule has 9 heteroatoms. The largest absolute Gasteiger partial charge is 0.486 e. The summed E-state index contributed by atoms with van der Waals surface area (Å²) in [5, 5.41) is 2.83. The smallest absolute Gasteiger partial charge is 0.241 e. The van der Waals surface area contributed by atoms with Gasteiger partial charge >= 0.3 is 0 Å². The second kappa shape index (κ2) is 10.2. The van der Waals surface area contributed by atoms with Gasteiger partial charge in [0.05, 0.1) is 4.90 Å². The minimum atomic E-state index is -3.91. The summed E-state index contributed by atoms with van der Waals surface area (Å²) in [6.07, 6.45) is 2.29. The molecular weight excluding hydrogens is 424 g/mol. The topological polar surface area (TPSA) is 93.7 Å². The van der Waals surface area contributed by atoms with E-state index in [9.17, 15) is 13.2 Å². The number of hydrogen-bond acceptors (Lipinski definition) is 6. The molecule has 2 N–H and O–H groups in total. The first kappa shape index (κ1) is 22.5. The zero-order chi connectivity index (χ0) is 21.6. The second-order valence-electron chi connectivity index (χ2n) is 6.96. The van der Waals surface area contributed by atoms with Crippen LogP contribution in [0.4, 0.5) is 0 Å². The SMILES string of the molecule is CSCC[C@H](NS(=O)(=O)c1ccc2c(c1)OCCO2)C(=O)NCc1ccc(C)cc1. The number of sulfonamides is 1. The average molecular weight is 451 g/mol. The molecule has 2 aromatic carbocycles. The molecule has 0 spiro atoms. The molecule has 0 radical (unpaired) electrons. The lowest BCUT2D eigenvalue weighted by Gasteiger charge is -2.21. The van der Waals surface area contributed by atoms with Crippen molar-refractivity contribution in [1.29, 1.82) is 0 Å². The molecule has 0 aliphatic carbocycles. The molecule has 30 heavy (non-hydrogen) atoms. The van der Waals surface area contributed by atoms with Gasteiger partial charge in [-0.05, 0) is 43.0 Å². The zero-order valence-electron chi connectivity index (χ0n) is 17.0. The van der Waals surface area contributed by atoms with E-state index in [0.717, 1.165) is 11.1 Å². The predicted molar refractivity (Wildman–Crippen MR) is 118 cm³/mol. The van der Waals surface area contributed by atoms with Crippen molar-refractivity contribution in [3.05, 3.63) is 53.6 Å². The molecule has 0 bridgehead atoms. The van der Waals surface area contributed by atoms with E-state index in [1.54, 1.807) is 17.8 Å². The highest BCUT2D eigenvalue weighted by Gasteiger charge is 2.26. The van der Waals surface area contributed by atoms with Gasteiger partial charge in [-0.3, -0.25) is 4.79 Å². The Bertz CT molecular complexity index is 977. The van der Waals surface area contributed by atoms with E-state index in [0.29, 0.717) is 43.4 Å². The molecule has 0 unspecified atom stereocenters. The van der Waals surface area contributed by atoms with Crippen LogP contribution >= 0.6 is 11.8 Å². The fourth-order valence-corrected chi connectivity index (χ4v) is 4.66. The summed E-state index contributed by atoms with van der Waals surface area (Å²) < 4.78 is 39.3. The third-order valence-electron chi connectivity index (χ3n) is 4.64. The normalized spacial score (nSPS) is 14.2. The van der Waals surface area contributed by atoms with Crippen LogP contribution in [0.25, 0.3) is 0 Å².